The van der Waals surface area contributed by atoms with Gasteiger partial charge in [0.05, 0.1) is 11.5 Å². The van der Waals surface area contributed by atoms with Gasteiger partial charge in [0.25, 0.3) is 0 Å². The predicted molar refractivity (Wildman–Crippen MR) is 126 cm³/mol. The highest BCUT2D eigenvalue weighted by Crippen LogP contribution is 2.59. The van der Waals surface area contributed by atoms with Crippen molar-refractivity contribution in [3.63, 3.8) is 0 Å². The molecule has 9 nitrogen and oxygen atoms in total. The van der Waals surface area contributed by atoms with Crippen LogP contribution in [-0.2, 0) is 19.2 Å². The number of carboxylic acid groups (broad SMARTS) is 1. The lowest BCUT2D eigenvalue weighted by molar-refractivity contribution is -0.145. The van der Waals surface area contributed by atoms with Crippen molar-refractivity contribution in [3.8, 4) is 0 Å². The number of hydrogen-bond acceptors (Lipinski definition) is 5. The minimum absolute atomic E-state index is 0.160. The molecule has 1 spiro atoms. The number of nitrogens with zero attached hydrogens (tertiary/aromatic N) is 1. The second-order valence-corrected chi connectivity index (χ2v) is 10.5. The zero-order valence-electron chi connectivity index (χ0n) is 20.2. The third kappa shape index (κ3) is 4.37. The van der Waals surface area contributed by atoms with Gasteiger partial charge in [-0.25, -0.2) is 0 Å². The van der Waals surface area contributed by atoms with Crippen LogP contribution in [0.3, 0.4) is 0 Å². The van der Waals surface area contributed by atoms with Gasteiger partial charge >= 0.3 is 5.97 Å². The molecule has 0 aromatic rings. The highest BCUT2D eigenvalue weighted by Gasteiger charge is 2.65. The molecule has 186 valence electrons. The number of amides is 3. The maximum absolute atomic E-state index is 13.7. The Balaban J connectivity index is 1.47. The lowest BCUT2D eigenvalue weighted by Gasteiger charge is -2.36. The Kier molecular flexibility index (Phi) is 6.59. The summed E-state index contributed by atoms with van der Waals surface area (Å²) >= 11 is 0. The Hall–Kier alpha value is -2.68. The Morgan fingerprint density at radius 2 is 2.03 bits per heavy atom. The zero-order chi connectivity index (χ0) is 24.7. The quantitative estimate of drug-likeness (QED) is 0.440. The molecular weight excluding hydrogens is 436 g/mol. The summed E-state index contributed by atoms with van der Waals surface area (Å²) in [5, 5.41) is 18.2. The van der Waals surface area contributed by atoms with E-state index in [1.807, 2.05) is 12.2 Å². The van der Waals surface area contributed by atoms with Gasteiger partial charge in [-0.1, -0.05) is 24.6 Å². The van der Waals surface area contributed by atoms with Gasteiger partial charge in [-0.05, 0) is 70.9 Å². The van der Waals surface area contributed by atoms with Crippen molar-refractivity contribution in [3.05, 3.63) is 23.8 Å². The van der Waals surface area contributed by atoms with E-state index >= 15 is 0 Å². The highest BCUT2D eigenvalue weighted by molar-refractivity contribution is 5.94. The van der Waals surface area contributed by atoms with E-state index in [1.54, 1.807) is 31.9 Å². The lowest BCUT2D eigenvalue weighted by atomic mass is 9.81. The molecule has 3 fully saturated rings. The summed E-state index contributed by atoms with van der Waals surface area (Å²) in [7, 11) is 1.70. The second kappa shape index (κ2) is 9.17. The van der Waals surface area contributed by atoms with E-state index in [9.17, 15) is 24.3 Å². The predicted octanol–water partition coefficient (Wildman–Crippen LogP) is 1.11. The normalized spacial score (nSPS) is 35.3. The standard InChI is InChI=1S/C25H36N4O5/c1-15(26-3)20(30)28-18-8-4-7-17-13-25(17)11-9-19(29(25)22(18)32)21(31)27-14-16-6-5-10-24(2,12-16)23(33)34/h5-6,12,15,17-19,26H,4,7-11,13-14H2,1-3H3,(H,27,31)(H,28,30)(H,33,34)/t15-,17-,18-,19-,24?,25?/m0/s1. The van der Waals surface area contributed by atoms with Crippen molar-refractivity contribution >= 4 is 23.7 Å². The molecule has 2 aliphatic carbocycles. The summed E-state index contributed by atoms with van der Waals surface area (Å²) < 4.78 is 0. The van der Waals surface area contributed by atoms with E-state index in [4.69, 9.17) is 0 Å². The molecule has 2 aliphatic heterocycles. The van der Waals surface area contributed by atoms with Gasteiger partial charge in [0.2, 0.25) is 17.7 Å². The molecule has 3 amide bonds. The zero-order valence-corrected chi connectivity index (χ0v) is 20.2. The van der Waals surface area contributed by atoms with Gasteiger partial charge in [0.1, 0.15) is 12.1 Å². The third-order valence-corrected chi connectivity index (χ3v) is 8.20. The Morgan fingerprint density at radius 3 is 2.74 bits per heavy atom. The molecule has 4 rings (SSSR count). The first-order chi connectivity index (χ1) is 16.1. The number of aliphatic carboxylic acids is 1. The fraction of sp³-hybridized carbons (Fsp3) is 0.680. The summed E-state index contributed by atoms with van der Waals surface area (Å²) in [4.78, 5) is 52.8. The first-order valence-corrected chi connectivity index (χ1v) is 12.3. The summed E-state index contributed by atoms with van der Waals surface area (Å²) in [6.45, 7) is 3.63. The molecule has 1 saturated carbocycles. The summed E-state index contributed by atoms with van der Waals surface area (Å²) in [6, 6.07) is -1.61. The molecule has 2 saturated heterocycles. The maximum Gasteiger partial charge on any atom is 0.313 e. The van der Waals surface area contributed by atoms with Crippen molar-refractivity contribution < 1.29 is 24.3 Å². The van der Waals surface area contributed by atoms with Crippen molar-refractivity contribution in [2.75, 3.05) is 13.6 Å². The molecule has 4 N–H and O–H groups in total. The summed E-state index contributed by atoms with van der Waals surface area (Å²) in [5.41, 5.74) is -0.502. The number of likely N-dealkylation sites (N-methyl/N-ethyl adjacent to an activating group) is 1. The van der Waals surface area contributed by atoms with Crippen LogP contribution in [0.15, 0.2) is 23.8 Å². The number of allylic oxidation sites excluding steroid dienone is 1. The monoisotopic (exact) mass is 472 g/mol. The molecule has 34 heavy (non-hydrogen) atoms. The van der Waals surface area contributed by atoms with Gasteiger partial charge in [-0.15, -0.1) is 0 Å². The Bertz CT molecular complexity index is 946. The van der Waals surface area contributed by atoms with E-state index in [1.165, 1.54) is 0 Å². The SMILES string of the molecule is CN[C@@H](C)C(=O)N[C@H]1CCC[C@H]2CC23CC[C@@H](C(=O)NCC2=CC(C)(C(=O)O)CC=C2)N3C1=O. The van der Waals surface area contributed by atoms with Crippen LogP contribution in [-0.4, -0.2) is 71.0 Å². The minimum atomic E-state index is -0.984. The minimum Gasteiger partial charge on any atom is -0.481 e. The second-order valence-electron chi connectivity index (χ2n) is 10.5. The average Bonchev–Trinajstić information content (AvgIpc) is 3.34. The molecule has 0 aromatic carbocycles. The summed E-state index contributed by atoms with van der Waals surface area (Å²) in [6.07, 6.45) is 10.5. The summed E-state index contributed by atoms with van der Waals surface area (Å²) in [5.74, 6) is -1.08. The number of carbonyl (C=O) groups is 4. The van der Waals surface area contributed by atoms with E-state index < -0.39 is 29.5 Å². The van der Waals surface area contributed by atoms with Gasteiger partial charge in [0, 0.05) is 12.1 Å². The largest absolute Gasteiger partial charge is 0.481 e. The smallest absolute Gasteiger partial charge is 0.313 e. The van der Waals surface area contributed by atoms with E-state index in [0.717, 1.165) is 31.3 Å². The van der Waals surface area contributed by atoms with Crippen LogP contribution in [0.2, 0.25) is 0 Å². The van der Waals surface area contributed by atoms with Crippen LogP contribution in [0, 0.1) is 11.3 Å². The molecule has 2 heterocycles. The van der Waals surface area contributed by atoms with Crippen LogP contribution >= 0.6 is 0 Å². The van der Waals surface area contributed by atoms with Crippen LogP contribution in [0.25, 0.3) is 0 Å². The average molecular weight is 473 g/mol. The first-order valence-electron chi connectivity index (χ1n) is 12.3. The van der Waals surface area contributed by atoms with Gasteiger partial charge in [-0.3, -0.25) is 19.2 Å². The molecule has 9 heteroatoms. The molecule has 4 aliphatic rings. The van der Waals surface area contributed by atoms with Crippen LogP contribution in [0.1, 0.15) is 58.8 Å². The van der Waals surface area contributed by atoms with Gasteiger partial charge in [-0.2, -0.15) is 0 Å². The number of carboxylic acids is 1. The topological polar surface area (TPSA) is 128 Å². The number of nitrogens with one attached hydrogen (secondary N) is 3. The molecule has 0 radical (unpaired) electrons. The fourth-order valence-electron chi connectivity index (χ4n) is 5.87. The van der Waals surface area contributed by atoms with E-state index in [0.29, 0.717) is 25.2 Å². The Morgan fingerprint density at radius 1 is 1.26 bits per heavy atom. The molecule has 6 atom stereocenters. The highest BCUT2D eigenvalue weighted by atomic mass is 16.4. The molecule has 2 unspecified atom stereocenters. The number of hydrogen-bond donors (Lipinski definition) is 4. The number of rotatable bonds is 7. The van der Waals surface area contributed by atoms with Gasteiger partial charge < -0.3 is 26.0 Å². The lowest BCUT2D eigenvalue weighted by Crippen LogP contribution is -2.59. The van der Waals surface area contributed by atoms with E-state index in [-0.39, 0.29) is 29.8 Å². The Labute approximate surface area is 200 Å². The van der Waals surface area contributed by atoms with Crippen LogP contribution < -0.4 is 16.0 Å². The van der Waals surface area contributed by atoms with Crippen molar-refractivity contribution in [1.29, 1.82) is 0 Å². The molecular formula is C25H36N4O5. The molecule has 0 bridgehead atoms. The molecule has 0 aromatic heterocycles. The van der Waals surface area contributed by atoms with Gasteiger partial charge in [0.15, 0.2) is 0 Å². The van der Waals surface area contributed by atoms with Crippen LogP contribution in [0.5, 0.6) is 0 Å². The van der Waals surface area contributed by atoms with Crippen molar-refractivity contribution in [2.45, 2.75) is 82.5 Å². The van der Waals surface area contributed by atoms with Crippen molar-refractivity contribution in [1.82, 2.24) is 20.9 Å². The van der Waals surface area contributed by atoms with Crippen molar-refractivity contribution in [2.24, 2.45) is 11.3 Å². The first kappa shape index (κ1) is 24.4. The third-order valence-electron chi connectivity index (χ3n) is 8.20. The number of carbonyl (C=O) groups excluding carboxylic acids is 3. The fourth-order valence-corrected chi connectivity index (χ4v) is 5.87. The van der Waals surface area contributed by atoms with E-state index in [2.05, 4.69) is 16.0 Å². The van der Waals surface area contributed by atoms with Crippen LogP contribution in [0.4, 0.5) is 0 Å². The maximum atomic E-state index is 13.7.